The van der Waals surface area contributed by atoms with E-state index in [-0.39, 0.29) is 107 Å². The first-order chi connectivity index (χ1) is 46.3. The second-order valence-electron chi connectivity index (χ2n) is 25.4. The molecule has 5 aromatic carbocycles. The predicted molar refractivity (Wildman–Crippen MR) is 362 cm³/mol. The number of urea groups is 1. The highest BCUT2D eigenvalue weighted by Gasteiger charge is 2.37. The van der Waals surface area contributed by atoms with Gasteiger partial charge in [-0.1, -0.05) is 56.7 Å². The van der Waals surface area contributed by atoms with Gasteiger partial charge in [0.05, 0.1) is 0 Å². The van der Waals surface area contributed by atoms with Gasteiger partial charge in [0.2, 0.25) is 17.7 Å². The number of primary amides is 1. The fourth-order valence-electron chi connectivity index (χ4n) is 12.9. The van der Waals surface area contributed by atoms with E-state index >= 15 is 0 Å². The number of nitrogens with one attached hydrogen (secondary N) is 5. The number of anilines is 3. The fourth-order valence-corrected chi connectivity index (χ4v) is 12.9. The summed E-state index contributed by atoms with van der Waals surface area (Å²) in [5.41, 5.74) is 9.86. The minimum Gasteiger partial charge on any atom is -0.445 e. The molecule has 1 unspecified atom stereocenters. The lowest BCUT2D eigenvalue weighted by Crippen LogP contribution is -2.54. The molecule has 0 radical (unpaired) electrons. The van der Waals surface area contributed by atoms with E-state index in [1.165, 1.54) is 26.9 Å². The van der Waals surface area contributed by atoms with Crippen LogP contribution in [0.5, 0.6) is 0 Å². The third-order valence-electron chi connectivity index (χ3n) is 18.4. The zero-order valence-electron chi connectivity index (χ0n) is 55.0. The monoisotopic (exact) mass is 1310 g/mol. The van der Waals surface area contributed by atoms with Gasteiger partial charge in [0, 0.05) is 178 Å². The molecule has 0 aliphatic carbocycles. The van der Waals surface area contributed by atoms with E-state index in [0.29, 0.717) is 76.5 Å². The zero-order chi connectivity index (χ0) is 68.2. The Kier molecular flexibility index (Phi) is 22.8. The molecule has 508 valence electrons. The highest BCUT2D eigenvalue weighted by atomic mass is 16.6. The van der Waals surface area contributed by atoms with Crippen molar-refractivity contribution in [3.63, 3.8) is 0 Å². The van der Waals surface area contributed by atoms with E-state index in [4.69, 9.17) is 10.5 Å². The highest BCUT2D eigenvalue weighted by molar-refractivity contribution is 6.28. The van der Waals surface area contributed by atoms with E-state index in [9.17, 15) is 52.7 Å². The molecule has 2 saturated heterocycles. The average molecular weight is 1320 g/mol. The molecule has 0 spiro atoms. The van der Waals surface area contributed by atoms with Crippen molar-refractivity contribution in [1.82, 2.24) is 50.7 Å². The maximum Gasteiger partial charge on any atom is 0.410 e. The third kappa shape index (κ3) is 16.3. The van der Waals surface area contributed by atoms with Crippen LogP contribution in [0.1, 0.15) is 106 Å². The van der Waals surface area contributed by atoms with Gasteiger partial charge in [0.25, 0.3) is 35.4 Å². The molecule has 2 fully saturated rings. The van der Waals surface area contributed by atoms with Gasteiger partial charge in [0.15, 0.2) is 0 Å². The number of ether oxygens (including phenoxy) is 1. The predicted octanol–water partition coefficient (Wildman–Crippen LogP) is 4.51. The Bertz CT molecular complexity index is 3760. The molecule has 5 heterocycles. The first-order valence-corrected chi connectivity index (χ1v) is 33.2. The molecule has 26 nitrogen and oxygen atoms in total. The Morgan fingerprint density at radius 2 is 1.10 bits per heavy atom. The zero-order valence-corrected chi connectivity index (χ0v) is 55.0. The second kappa shape index (κ2) is 31.6. The number of imide groups is 3. The van der Waals surface area contributed by atoms with Gasteiger partial charge in [-0.05, 0) is 113 Å². The molecule has 12 amide bonds. The SMILES string of the molecule is CC(C)[C@H](NC(=O)CCCCCN1C(=O)C=CC1=O)C(=O)NC(CCCNC(N)=O)C(=O)Nc1ccc(COC(=O)N(CCCNCCN2C(=O)c3cccc4c(N5CCN(C)CC5)ccc(c34)C2=O)CCN2C(=O)c3cccc4c(N5CCN(C)CC5)ccc(c34)C2=O)cc1. The van der Waals surface area contributed by atoms with Gasteiger partial charge in [0.1, 0.15) is 18.7 Å². The molecule has 5 aliphatic heterocycles. The highest BCUT2D eigenvalue weighted by Crippen LogP contribution is 2.38. The number of likely N-dealkylation sites (N-methyl/N-ethyl adjacent to an activating group) is 2. The summed E-state index contributed by atoms with van der Waals surface area (Å²) in [6, 6.07) is 22.2. The van der Waals surface area contributed by atoms with Gasteiger partial charge in [-0.15, -0.1) is 0 Å². The number of nitrogens with zero attached hydrogens (tertiary/aromatic N) is 8. The first-order valence-electron chi connectivity index (χ1n) is 33.2. The number of unbranched alkanes of at least 4 members (excludes halogenated alkanes) is 2. The summed E-state index contributed by atoms with van der Waals surface area (Å²) in [6.45, 7) is 11.1. The minimum absolute atomic E-state index is 0.0715. The largest absolute Gasteiger partial charge is 0.445 e. The molecule has 10 rings (SSSR count). The molecular formula is C70H86N14O12. The molecule has 7 N–H and O–H groups in total. The number of carbonyl (C=O) groups is 11. The Morgan fingerprint density at radius 1 is 0.552 bits per heavy atom. The second-order valence-corrected chi connectivity index (χ2v) is 25.4. The number of hydrogen-bond donors (Lipinski definition) is 6. The van der Waals surface area contributed by atoms with Gasteiger partial charge in [-0.3, -0.25) is 57.9 Å². The number of amides is 12. The van der Waals surface area contributed by atoms with Crippen LogP contribution in [0.15, 0.2) is 97.1 Å². The minimum atomic E-state index is -1.12. The molecule has 5 aromatic rings. The van der Waals surface area contributed by atoms with Crippen LogP contribution < -0.4 is 42.1 Å². The molecule has 26 heteroatoms. The number of rotatable bonds is 30. The van der Waals surface area contributed by atoms with Crippen molar-refractivity contribution in [1.29, 1.82) is 0 Å². The van der Waals surface area contributed by atoms with Crippen molar-refractivity contribution in [2.24, 2.45) is 11.7 Å². The summed E-state index contributed by atoms with van der Waals surface area (Å²) in [4.78, 5) is 161. The van der Waals surface area contributed by atoms with E-state index in [1.54, 1.807) is 56.3 Å². The van der Waals surface area contributed by atoms with E-state index in [1.807, 2.05) is 42.5 Å². The van der Waals surface area contributed by atoms with Crippen molar-refractivity contribution in [3.8, 4) is 0 Å². The van der Waals surface area contributed by atoms with Crippen LogP contribution >= 0.6 is 0 Å². The fraction of sp³-hybridized carbons (Fsp3) is 0.443. The maximum absolute atomic E-state index is 14.4. The van der Waals surface area contributed by atoms with Crippen molar-refractivity contribution in [2.75, 3.05) is 134 Å². The summed E-state index contributed by atoms with van der Waals surface area (Å²) in [5, 5.41) is 17.2. The lowest BCUT2D eigenvalue weighted by Gasteiger charge is -2.36. The van der Waals surface area contributed by atoms with Crippen LogP contribution in [0, 0.1) is 5.92 Å². The van der Waals surface area contributed by atoms with Crippen LogP contribution in [-0.2, 0) is 35.3 Å². The lowest BCUT2D eigenvalue weighted by molar-refractivity contribution is -0.137. The lowest BCUT2D eigenvalue weighted by atomic mass is 9.92. The van der Waals surface area contributed by atoms with Crippen LogP contribution in [-0.4, -0.2) is 226 Å². The van der Waals surface area contributed by atoms with Crippen LogP contribution in [0.2, 0.25) is 0 Å². The van der Waals surface area contributed by atoms with E-state index in [2.05, 4.69) is 60.3 Å². The van der Waals surface area contributed by atoms with Crippen molar-refractivity contribution < 1.29 is 57.5 Å². The number of piperazine rings is 2. The van der Waals surface area contributed by atoms with Gasteiger partial charge in [-0.2, -0.15) is 0 Å². The summed E-state index contributed by atoms with van der Waals surface area (Å²) >= 11 is 0. The smallest absolute Gasteiger partial charge is 0.410 e. The van der Waals surface area contributed by atoms with E-state index < -0.39 is 47.8 Å². The van der Waals surface area contributed by atoms with Gasteiger partial charge in [-0.25, -0.2) is 9.59 Å². The molecular weight excluding hydrogens is 1230 g/mol. The average Bonchev–Trinajstić information content (AvgIpc) is 0.807. The number of carbonyl (C=O) groups excluding carboxylic acids is 11. The van der Waals surface area contributed by atoms with E-state index in [0.717, 1.165) is 79.4 Å². The molecule has 0 bridgehead atoms. The van der Waals surface area contributed by atoms with Crippen LogP contribution in [0.25, 0.3) is 21.5 Å². The molecule has 0 saturated carbocycles. The third-order valence-corrected chi connectivity index (χ3v) is 18.4. The quantitative estimate of drug-likeness (QED) is 0.0272. The molecule has 2 atom stereocenters. The molecule has 0 aromatic heterocycles. The Balaban J connectivity index is 0.762. The number of nitrogens with two attached hydrogens (primary N) is 1. The number of hydrogen-bond acceptors (Lipinski definition) is 17. The summed E-state index contributed by atoms with van der Waals surface area (Å²) in [7, 11) is 4.17. The standard InChI is InChI=1S/C70H86N14O12/c1-45(2)62(76-57(85)17-6-5-7-32-82-58(86)26-27-59(82)87)64(89)75-54(16-10-29-73-69(71)94)63(88)74-47-20-18-46(19-21-47)44-96-70(95)81(42-43-84-66(91)51-15-9-13-49-56(80-40-36-78(4)37-41-80)25-23-53(61(49)51)68(84)93)31-11-28-72-30-33-83-65(90)50-14-8-12-48-55(79-38-34-77(3)35-39-79)24-22-52(60(48)50)67(83)92/h8-9,12-15,18-27,45,54,62,72H,5-7,10-11,16-17,28-44H2,1-4H3,(H,74,88)(H,75,89)(H,76,85)(H3,71,73,94)/t54?,62-/m0/s1. The van der Waals surface area contributed by atoms with Gasteiger partial charge < -0.3 is 61.6 Å². The summed E-state index contributed by atoms with van der Waals surface area (Å²) in [6.07, 6.45) is 4.03. The Labute approximate surface area is 557 Å². The summed E-state index contributed by atoms with van der Waals surface area (Å²) < 4.78 is 5.90. The van der Waals surface area contributed by atoms with Crippen LogP contribution in [0.3, 0.4) is 0 Å². The van der Waals surface area contributed by atoms with Crippen molar-refractivity contribution in [2.45, 2.75) is 77.5 Å². The van der Waals surface area contributed by atoms with Crippen LogP contribution in [0.4, 0.5) is 26.7 Å². The summed E-state index contributed by atoms with van der Waals surface area (Å²) in [5.74, 6) is -4.37. The number of benzene rings is 5. The van der Waals surface area contributed by atoms with Crippen molar-refractivity contribution in [3.05, 3.63) is 125 Å². The topological polar surface area (TPSA) is 309 Å². The first kappa shape index (κ1) is 69.1. The normalized spacial score (nSPS) is 16.4. The molecule has 5 aliphatic rings. The van der Waals surface area contributed by atoms with Crippen molar-refractivity contribution >= 4 is 104 Å². The maximum atomic E-state index is 14.4. The van der Waals surface area contributed by atoms with Gasteiger partial charge >= 0.3 is 12.1 Å². The Hall–Kier alpha value is -9.79. The molecule has 96 heavy (non-hydrogen) atoms. The Morgan fingerprint density at radius 3 is 1.66 bits per heavy atom.